The largest absolute Gasteiger partial charge is 0.484 e. The normalized spacial score (nSPS) is 12.4. The molecular weight excluding hydrogens is 560 g/mol. The fourth-order valence-corrected chi connectivity index (χ4v) is 4.40. The van der Waals surface area contributed by atoms with E-state index in [1.54, 1.807) is 49.4 Å². The molecule has 0 aliphatic heterocycles. The molecule has 0 radical (unpaired) electrons. The van der Waals surface area contributed by atoms with E-state index in [1.807, 2.05) is 0 Å². The zero-order chi connectivity index (χ0) is 26.6. The van der Waals surface area contributed by atoms with E-state index in [-0.39, 0.29) is 24.5 Å². The highest BCUT2D eigenvalue weighted by Gasteiger charge is 2.30. The van der Waals surface area contributed by atoms with Crippen molar-refractivity contribution in [2.24, 2.45) is 0 Å². The van der Waals surface area contributed by atoms with Gasteiger partial charge in [0.15, 0.2) is 12.7 Å². The van der Waals surface area contributed by atoms with Gasteiger partial charge >= 0.3 is 12.1 Å². The summed E-state index contributed by atoms with van der Waals surface area (Å²) in [6, 6.07) is 16.9. The summed E-state index contributed by atoms with van der Waals surface area (Å²) in [5, 5.41) is 0.526. The molecule has 0 saturated heterocycles. The Balaban J connectivity index is 1.68. The summed E-state index contributed by atoms with van der Waals surface area (Å²) in [6.45, 7) is 0.249. The number of fused-ring (bicyclic) bond motifs is 1. The van der Waals surface area contributed by atoms with Gasteiger partial charge in [0, 0.05) is 12.0 Å². The smallest absolute Gasteiger partial charge is 0.422 e. The summed E-state index contributed by atoms with van der Waals surface area (Å²) in [5.41, 5.74) is 1.41. The SMILES string of the molecule is CCOC(=O)[C@@H](Cc1ccccc1OCC(F)(F)F)Oc1cccc2oc(-c3ccc(F)cc3)c(Br)c12. The number of hydrogen-bond acceptors (Lipinski definition) is 5. The van der Waals surface area contributed by atoms with Crippen LogP contribution in [0, 0.1) is 5.82 Å². The van der Waals surface area contributed by atoms with Gasteiger partial charge in [-0.3, -0.25) is 0 Å². The van der Waals surface area contributed by atoms with Gasteiger partial charge in [0.1, 0.15) is 28.7 Å². The zero-order valence-electron chi connectivity index (χ0n) is 19.5. The Morgan fingerprint density at radius 3 is 2.41 bits per heavy atom. The molecule has 4 rings (SSSR count). The molecule has 5 nitrogen and oxygen atoms in total. The molecule has 0 aliphatic carbocycles. The molecule has 10 heteroatoms. The number of benzene rings is 3. The van der Waals surface area contributed by atoms with Crippen LogP contribution in [0.5, 0.6) is 11.5 Å². The molecule has 1 aromatic heterocycles. The minimum Gasteiger partial charge on any atom is -0.484 e. The predicted octanol–water partition coefficient (Wildman–Crippen LogP) is 7.50. The highest BCUT2D eigenvalue weighted by atomic mass is 79.9. The standard InChI is InChI=1S/C27H21BrF4O5/c1-2-34-26(33)22(14-17-6-3-4-7-19(17)35-15-27(30,31)32)36-20-8-5-9-21-23(20)24(28)25(37-21)16-10-12-18(29)13-11-16/h3-13,22H,2,14-15H2,1H3/t22-/m1/s1. The van der Waals surface area contributed by atoms with E-state index in [0.29, 0.717) is 32.3 Å². The van der Waals surface area contributed by atoms with Crippen molar-refractivity contribution < 1.29 is 41.0 Å². The maximum absolute atomic E-state index is 13.4. The summed E-state index contributed by atoms with van der Waals surface area (Å²) in [4.78, 5) is 12.8. The van der Waals surface area contributed by atoms with Crippen LogP contribution in [0.25, 0.3) is 22.3 Å². The molecule has 0 amide bonds. The second kappa shape index (κ2) is 11.2. The van der Waals surface area contributed by atoms with Gasteiger partial charge in [-0.25, -0.2) is 9.18 Å². The van der Waals surface area contributed by atoms with Crippen molar-refractivity contribution in [3.8, 4) is 22.8 Å². The fourth-order valence-electron chi connectivity index (χ4n) is 3.70. The van der Waals surface area contributed by atoms with E-state index in [2.05, 4.69) is 15.9 Å². The van der Waals surface area contributed by atoms with E-state index < -0.39 is 30.7 Å². The first-order chi connectivity index (χ1) is 17.7. The van der Waals surface area contributed by atoms with Gasteiger partial charge in [-0.05, 0) is 70.9 Å². The van der Waals surface area contributed by atoms with Crippen LogP contribution in [0.3, 0.4) is 0 Å². The molecule has 1 heterocycles. The fraction of sp³-hybridized carbons (Fsp3) is 0.222. The van der Waals surface area contributed by atoms with Crippen LogP contribution in [-0.2, 0) is 16.0 Å². The number of furan rings is 1. The van der Waals surface area contributed by atoms with Gasteiger partial charge in [-0.15, -0.1) is 0 Å². The maximum Gasteiger partial charge on any atom is 0.422 e. The van der Waals surface area contributed by atoms with E-state index in [1.165, 1.54) is 24.3 Å². The summed E-state index contributed by atoms with van der Waals surface area (Å²) in [6.07, 6.45) is -5.82. The third-order valence-corrected chi connectivity index (χ3v) is 6.07. The number of halogens is 5. The molecule has 0 saturated carbocycles. The second-order valence-corrected chi connectivity index (χ2v) is 8.75. The van der Waals surface area contributed by atoms with Crippen molar-refractivity contribution in [3.05, 3.63) is 82.6 Å². The van der Waals surface area contributed by atoms with Crippen molar-refractivity contribution in [1.29, 1.82) is 0 Å². The summed E-state index contributed by atoms with van der Waals surface area (Å²) < 4.78 is 74.3. The Morgan fingerprint density at radius 1 is 1.00 bits per heavy atom. The van der Waals surface area contributed by atoms with Gasteiger partial charge < -0.3 is 18.6 Å². The monoisotopic (exact) mass is 580 g/mol. The summed E-state index contributed by atoms with van der Waals surface area (Å²) in [5.74, 6) is -0.378. The van der Waals surface area contributed by atoms with Gasteiger partial charge in [0.25, 0.3) is 0 Å². The topological polar surface area (TPSA) is 57.9 Å². The number of carbonyl (C=O) groups is 1. The van der Waals surface area contributed by atoms with Crippen molar-refractivity contribution in [2.75, 3.05) is 13.2 Å². The van der Waals surface area contributed by atoms with Crippen LogP contribution in [0.15, 0.2) is 75.6 Å². The quantitative estimate of drug-likeness (QED) is 0.151. The Hall–Kier alpha value is -3.53. The molecule has 3 aromatic carbocycles. The van der Waals surface area contributed by atoms with Gasteiger partial charge in [-0.2, -0.15) is 13.2 Å². The van der Waals surface area contributed by atoms with Gasteiger partial charge in [-0.1, -0.05) is 24.3 Å². The van der Waals surface area contributed by atoms with Crippen LogP contribution >= 0.6 is 15.9 Å². The number of para-hydroxylation sites is 1. The minimum absolute atomic E-state index is 0.0148. The molecule has 37 heavy (non-hydrogen) atoms. The molecular formula is C27H21BrF4O5. The molecule has 0 unspecified atom stereocenters. The van der Waals surface area contributed by atoms with E-state index in [4.69, 9.17) is 18.6 Å². The molecule has 0 aliphatic rings. The average Bonchev–Trinajstić information content (AvgIpc) is 3.20. The molecule has 0 bridgehead atoms. The van der Waals surface area contributed by atoms with Crippen molar-refractivity contribution in [2.45, 2.75) is 25.6 Å². The number of carbonyl (C=O) groups excluding carboxylic acids is 1. The van der Waals surface area contributed by atoms with Crippen molar-refractivity contribution in [3.63, 3.8) is 0 Å². The lowest BCUT2D eigenvalue weighted by atomic mass is 10.1. The highest BCUT2D eigenvalue weighted by molar-refractivity contribution is 9.10. The highest BCUT2D eigenvalue weighted by Crippen LogP contribution is 2.42. The van der Waals surface area contributed by atoms with Crippen LogP contribution in [0.4, 0.5) is 17.6 Å². The number of ether oxygens (including phenoxy) is 3. The lowest BCUT2D eigenvalue weighted by Crippen LogP contribution is -2.32. The number of alkyl halides is 3. The Morgan fingerprint density at radius 2 is 1.70 bits per heavy atom. The molecule has 0 N–H and O–H groups in total. The van der Waals surface area contributed by atoms with Crippen molar-refractivity contribution in [1.82, 2.24) is 0 Å². The van der Waals surface area contributed by atoms with Crippen LogP contribution in [0.2, 0.25) is 0 Å². The Labute approximate surface area is 218 Å². The first-order valence-corrected chi connectivity index (χ1v) is 12.0. The maximum atomic E-state index is 13.4. The van der Waals surface area contributed by atoms with Crippen molar-refractivity contribution >= 4 is 32.9 Å². The Bertz CT molecular complexity index is 1380. The van der Waals surface area contributed by atoms with Crippen LogP contribution in [0.1, 0.15) is 12.5 Å². The molecule has 0 spiro atoms. The molecule has 194 valence electrons. The number of hydrogen-bond donors (Lipinski definition) is 0. The number of esters is 1. The van der Waals surface area contributed by atoms with Gasteiger partial charge in [0.05, 0.1) is 16.5 Å². The van der Waals surface area contributed by atoms with Gasteiger partial charge in [0.2, 0.25) is 0 Å². The van der Waals surface area contributed by atoms with Crippen LogP contribution < -0.4 is 9.47 Å². The first kappa shape index (κ1) is 26.5. The first-order valence-electron chi connectivity index (χ1n) is 11.2. The lowest BCUT2D eigenvalue weighted by Gasteiger charge is -2.20. The summed E-state index contributed by atoms with van der Waals surface area (Å²) in [7, 11) is 0. The summed E-state index contributed by atoms with van der Waals surface area (Å²) >= 11 is 3.52. The number of rotatable bonds is 9. The van der Waals surface area contributed by atoms with Crippen LogP contribution in [-0.4, -0.2) is 31.5 Å². The van der Waals surface area contributed by atoms with E-state index in [9.17, 15) is 22.4 Å². The molecule has 4 aromatic rings. The molecule has 1 atom stereocenters. The Kier molecular flexibility index (Phi) is 8.06. The lowest BCUT2D eigenvalue weighted by molar-refractivity contribution is -0.154. The third kappa shape index (κ3) is 6.43. The predicted molar refractivity (Wildman–Crippen MR) is 132 cm³/mol. The molecule has 0 fully saturated rings. The average molecular weight is 581 g/mol. The third-order valence-electron chi connectivity index (χ3n) is 5.31. The zero-order valence-corrected chi connectivity index (χ0v) is 21.1. The second-order valence-electron chi connectivity index (χ2n) is 7.96. The van der Waals surface area contributed by atoms with E-state index >= 15 is 0 Å². The van der Waals surface area contributed by atoms with E-state index in [0.717, 1.165) is 0 Å². The minimum atomic E-state index is -4.52.